The Kier molecular flexibility index (Phi) is 4.89. The minimum atomic E-state index is -0.585. The normalized spacial score (nSPS) is 29.0. The fourth-order valence-electron chi connectivity index (χ4n) is 2.56. The maximum absolute atomic E-state index is 12.0. The molecule has 7 heteroatoms. The number of nitrogens with zero attached hydrogens (tertiary/aromatic N) is 1. The summed E-state index contributed by atoms with van der Waals surface area (Å²) in [6.45, 7) is 8.35. The zero-order valence-electron chi connectivity index (χ0n) is 13.7. The zero-order valence-corrected chi connectivity index (χ0v) is 13.7. The third-order valence-electron chi connectivity index (χ3n) is 3.78. The Bertz CT molecular complexity index is 615. The molecule has 0 aromatic carbocycles. The number of ether oxygens (including phenoxy) is 3. The molecule has 0 radical (unpaired) electrons. The number of aromatic nitrogens is 2. The summed E-state index contributed by atoms with van der Waals surface area (Å²) in [4.78, 5) is 25.4. The molecule has 0 unspecified atom stereocenters. The van der Waals surface area contributed by atoms with Crippen LogP contribution in [0.25, 0.3) is 0 Å². The molecule has 124 valence electrons. The van der Waals surface area contributed by atoms with Gasteiger partial charge in [0.1, 0.15) is 6.10 Å². The van der Waals surface area contributed by atoms with Crippen molar-refractivity contribution in [3.8, 4) is 0 Å². The van der Waals surface area contributed by atoms with E-state index in [1.54, 1.807) is 7.11 Å². The van der Waals surface area contributed by atoms with Crippen LogP contribution < -0.4 is 11.2 Å². The first-order valence-corrected chi connectivity index (χ1v) is 7.36. The van der Waals surface area contributed by atoms with Crippen LogP contribution >= 0.6 is 0 Å². The summed E-state index contributed by atoms with van der Waals surface area (Å²) < 4.78 is 18.6. The highest BCUT2D eigenvalue weighted by molar-refractivity contribution is 4.92. The van der Waals surface area contributed by atoms with E-state index in [-0.39, 0.29) is 23.7 Å². The summed E-state index contributed by atoms with van der Waals surface area (Å²) in [5, 5.41) is 0. The van der Waals surface area contributed by atoms with Crippen molar-refractivity contribution in [3.63, 3.8) is 0 Å². The molecule has 0 saturated carbocycles. The van der Waals surface area contributed by atoms with Crippen molar-refractivity contribution in [3.05, 3.63) is 33.1 Å². The molecule has 7 nitrogen and oxygen atoms in total. The van der Waals surface area contributed by atoms with Crippen LogP contribution in [0, 0.1) is 5.92 Å². The summed E-state index contributed by atoms with van der Waals surface area (Å²) in [6, 6.07) is 1.29. The molecule has 1 aliphatic heterocycles. The largest absolute Gasteiger partial charge is 0.376 e. The van der Waals surface area contributed by atoms with Gasteiger partial charge in [-0.05, 0) is 20.8 Å². The Labute approximate surface area is 129 Å². The van der Waals surface area contributed by atoms with Gasteiger partial charge in [0, 0.05) is 25.3 Å². The van der Waals surface area contributed by atoms with Gasteiger partial charge < -0.3 is 14.2 Å². The molecule has 1 saturated heterocycles. The molecule has 2 heterocycles. The van der Waals surface area contributed by atoms with Crippen LogP contribution in [0.15, 0.2) is 21.9 Å². The van der Waals surface area contributed by atoms with Crippen molar-refractivity contribution in [1.29, 1.82) is 0 Å². The predicted molar refractivity (Wildman–Crippen MR) is 80.9 cm³/mol. The standard InChI is InChI=1S/C15H24N2O5/c1-9-10(8-21-15(2,3)4)22-13(12(9)20-5)17-7-6-11(18)16-14(17)19/h6-7,9-10,12-13H,8H2,1-5H3,(H,16,18,19)/t9-,10-,12-,13-/m1/s1. The Morgan fingerprint density at radius 3 is 2.59 bits per heavy atom. The van der Waals surface area contributed by atoms with Crippen LogP contribution in [0.1, 0.15) is 33.9 Å². The number of rotatable bonds is 4. The Morgan fingerprint density at radius 2 is 2.05 bits per heavy atom. The van der Waals surface area contributed by atoms with Gasteiger partial charge in [0.2, 0.25) is 0 Å². The number of aromatic amines is 1. The molecular formula is C15H24N2O5. The second kappa shape index (κ2) is 6.36. The molecule has 1 N–H and O–H groups in total. The van der Waals surface area contributed by atoms with Crippen molar-refractivity contribution in [1.82, 2.24) is 9.55 Å². The van der Waals surface area contributed by atoms with E-state index >= 15 is 0 Å². The molecule has 1 aromatic rings. The molecule has 0 bridgehead atoms. The first kappa shape index (κ1) is 16.9. The van der Waals surface area contributed by atoms with Gasteiger partial charge in [0.05, 0.1) is 18.3 Å². The van der Waals surface area contributed by atoms with E-state index in [2.05, 4.69) is 4.98 Å². The Hall–Kier alpha value is -1.44. The van der Waals surface area contributed by atoms with Crippen LogP contribution in [-0.2, 0) is 14.2 Å². The van der Waals surface area contributed by atoms with E-state index in [9.17, 15) is 9.59 Å². The van der Waals surface area contributed by atoms with Crippen LogP contribution in [0.2, 0.25) is 0 Å². The summed E-state index contributed by atoms with van der Waals surface area (Å²) in [6.07, 6.45) is 0.362. The SMILES string of the molecule is CO[C@@H]1[C@H](C)[C@@H](COC(C)(C)C)O[C@H]1n1ccc(=O)[nH]c1=O. The summed E-state index contributed by atoms with van der Waals surface area (Å²) in [7, 11) is 1.58. The maximum Gasteiger partial charge on any atom is 0.330 e. The van der Waals surface area contributed by atoms with Gasteiger partial charge in [-0.3, -0.25) is 14.3 Å². The van der Waals surface area contributed by atoms with Gasteiger partial charge in [-0.15, -0.1) is 0 Å². The van der Waals surface area contributed by atoms with E-state index in [0.717, 1.165) is 0 Å². The van der Waals surface area contributed by atoms with E-state index in [0.29, 0.717) is 6.61 Å². The van der Waals surface area contributed by atoms with Crippen molar-refractivity contribution < 1.29 is 14.2 Å². The van der Waals surface area contributed by atoms with Gasteiger partial charge >= 0.3 is 5.69 Å². The van der Waals surface area contributed by atoms with Crippen molar-refractivity contribution in [2.24, 2.45) is 5.92 Å². The first-order chi connectivity index (χ1) is 10.2. The van der Waals surface area contributed by atoms with E-state index in [1.807, 2.05) is 27.7 Å². The van der Waals surface area contributed by atoms with Crippen molar-refractivity contribution >= 4 is 0 Å². The molecule has 2 rings (SSSR count). The van der Waals surface area contributed by atoms with Crippen LogP contribution in [0.3, 0.4) is 0 Å². The summed E-state index contributed by atoms with van der Waals surface area (Å²) >= 11 is 0. The van der Waals surface area contributed by atoms with E-state index < -0.39 is 17.5 Å². The number of hydrogen-bond donors (Lipinski definition) is 1. The molecular weight excluding hydrogens is 288 g/mol. The highest BCUT2D eigenvalue weighted by Gasteiger charge is 2.44. The second-order valence-corrected chi connectivity index (χ2v) is 6.57. The van der Waals surface area contributed by atoms with Crippen LogP contribution in [0.4, 0.5) is 0 Å². The fourth-order valence-corrected chi connectivity index (χ4v) is 2.56. The highest BCUT2D eigenvalue weighted by atomic mass is 16.6. The molecule has 1 aliphatic rings. The maximum atomic E-state index is 12.0. The molecule has 22 heavy (non-hydrogen) atoms. The van der Waals surface area contributed by atoms with Gasteiger partial charge in [-0.2, -0.15) is 0 Å². The third kappa shape index (κ3) is 3.66. The lowest BCUT2D eigenvalue weighted by Gasteiger charge is -2.24. The molecule has 0 spiro atoms. The van der Waals surface area contributed by atoms with Gasteiger partial charge in [0.25, 0.3) is 5.56 Å². The average molecular weight is 312 g/mol. The lowest BCUT2D eigenvalue weighted by Crippen LogP contribution is -2.36. The van der Waals surface area contributed by atoms with E-state index in [1.165, 1.54) is 16.8 Å². The lowest BCUT2D eigenvalue weighted by molar-refractivity contribution is -0.0969. The lowest BCUT2D eigenvalue weighted by atomic mass is 10.0. The number of hydrogen-bond acceptors (Lipinski definition) is 5. The second-order valence-electron chi connectivity index (χ2n) is 6.57. The number of nitrogens with one attached hydrogen (secondary N) is 1. The predicted octanol–water partition coefficient (Wildman–Crippen LogP) is 0.900. The Balaban J connectivity index is 2.21. The topological polar surface area (TPSA) is 82.6 Å². The van der Waals surface area contributed by atoms with E-state index in [4.69, 9.17) is 14.2 Å². The minimum Gasteiger partial charge on any atom is -0.376 e. The molecule has 0 aliphatic carbocycles. The summed E-state index contributed by atoms with van der Waals surface area (Å²) in [5.74, 6) is 0.0520. The molecule has 1 aromatic heterocycles. The quantitative estimate of drug-likeness (QED) is 0.893. The monoisotopic (exact) mass is 312 g/mol. The van der Waals surface area contributed by atoms with Crippen LogP contribution in [0.5, 0.6) is 0 Å². The van der Waals surface area contributed by atoms with Gasteiger partial charge in [-0.25, -0.2) is 4.79 Å². The number of methoxy groups -OCH3 is 1. The van der Waals surface area contributed by atoms with Gasteiger partial charge in [0.15, 0.2) is 6.23 Å². The minimum absolute atomic E-state index is 0.0520. The smallest absolute Gasteiger partial charge is 0.330 e. The average Bonchev–Trinajstić information content (AvgIpc) is 2.72. The van der Waals surface area contributed by atoms with Crippen molar-refractivity contribution in [2.75, 3.05) is 13.7 Å². The zero-order chi connectivity index (χ0) is 16.5. The molecule has 4 atom stereocenters. The first-order valence-electron chi connectivity index (χ1n) is 7.36. The molecule has 1 fully saturated rings. The highest BCUT2D eigenvalue weighted by Crippen LogP contribution is 2.35. The van der Waals surface area contributed by atoms with Crippen LogP contribution in [-0.4, -0.2) is 41.1 Å². The van der Waals surface area contributed by atoms with Crippen molar-refractivity contribution in [2.45, 2.75) is 51.7 Å². The summed E-state index contributed by atoms with van der Waals surface area (Å²) in [5.41, 5.74) is -1.21. The molecule has 0 amide bonds. The number of H-pyrrole nitrogens is 1. The fraction of sp³-hybridized carbons (Fsp3) is 0.733. The third-order valence-corrected chi connectivity index (χ3v) is 3.78. The Morgan fingerprint density at radius 1 is 1.36 bits per heavy atom. The van der Waals surface area contributed by atoms with Gasteiger partial charge in [-0.1, -0.05) is 6.92 Å².